The molecule has 0 fully saturated rings. The number of nitriles is 1. The average molecular weight is 251 g/mol. The Hall–Kier alpha value is -2.62. The Labute approximate surface area is 102 Å². The molecule has 94 valence electrons. The van der Waals surface area contributed by atoms with Gasteiger partial charge in [-0.05, 0) is 12.1 Å². The van der Waals surface area contributed by atoms with E-state index in [1.165, 1.54) is 12.1 Å². The Balaban J connectivity index is 2.63. The first kappa shape index (κ1) is 13.4. The predicted molar refractivity (Wildman–Crippen MR) is 60.4 cm³/mol. The molecule has 1 aromatic rings. The quantitative estimate of drug-likeness (QED) is 0.750. The second-order valence-electron chi connectivity index (χ2n) is 3.30. The number of rotatable bonds is 4. The molecule has 1 rings (SSSR count). The summed E-state index contributed by atoms with van der Waals surface area (Å²) in [5.41, 5.74) is -0.240. The Kier molecular flexibility index (Phi) is 4.63. The topological polar surface area (TPSA) is 102 Å². The summed E-state index contributed by atoms with van der Waals surface area (Å²) in [6, 6.07) is 4.76. The van der Waals surface area contributed by atoms with Crippen LogP contribution in [0.5, 0.6) is 0 Å². The van der Waals surface area contributed by atoms with Crippen molar-refractivity contribution in [3.8, 4) is 6.07 Å². The van der Waals surface area contributed by atoms with Crippen molar-refractivity contribution in [2.75, 3.05) is 11.9 Å². The van der Waals surface area contributed by atoms with Gasteiger partial charge in [0.15, 0.2) is 0 Å². The fourth-order valence-electron chi connectivity index (χ4n) is 1.19. The molecule has 6 nitrogen and oxygen atoms in total. The second-order valence-corrected chi connectivity index (χ2v) is 3.30. The van der Waals surface area contributed by atoms with Gasteiger partial charge in [-0.1, -0.05) is 6.07 Å². The van der Waals surface area contributed by atoms with Crippen LogP contribution in [0.1, 0.15) is 12.0 Å². The second kappa shape index (κ2) is 6.20. The Bertz CT molecular complexity index is 511. The van der Waals surface area contributed by atoms with Gasteiger partial charge >= 0.3 is 12.0 Å². The third-order valence-electron chi connectivity index (χ3n) is 2.00. The van der Waals surface area contributed by atoms with Crippen molar-refractivity contribution >= 4 is 17.7 Å². The molecule has 0 spiro atoms. The van der Waals surface area contributed by atoms with Crippen molar-refractivity contribution in [2.24, 2.45) is 0 Å². The van der Waals surface area contributed by atoms with E-state index in [0.29, 0.717) is 0 Å². The molecular weight excluding hydrogens is 241 g/mol. The van der Waals surface area contributed by atoms with E-state index < -0.39 is 17.8 Å². The third-order valence-corrected chi connectivity index (χ3v) is 2.00. The summed E-state index contributed by atoms with van der Waals surface area (Å²) in [6.07, 6.45) is -0.221. The van der Waals surface area contributed by atoms with E-state index in [4.69, 9.17) is 10.4 Å². The summed E-state index contributed by atoms with van der Waals surface area (Å²) in [4.78, 5) is 21.5. The van der Waals surface area contributed by atoms with Crippen LogP contribution in [0.3, 0.4) is 0 Å². The first-order valence-corrected chi connectivity index (χ1v) is 5.00. The fourth-order valence-corrected chi connectivity index (χ4v) is 1.19. The van der Waals surface area contributed by atoms with E-state index in [1.54, 1.807) is 6.07 Å². The summed E-state index contributed by atoms with van der Waals surface area (Å²) >= 11 is 0. The number of hydrogen-bond acceptors (Lipinski definition) is 3. The molecule has 7 heteroatoms. The van der Waals surface area contributed by atoms with Gasteiger partial charge in [0, 0.05) is 6.54 Å². The molecule has 0 aromatic heterocycles. The molecule has 0 saturated carbocycles. The van der Waals surface area contributed by atoms with Crippen LogP contribution in [0.2, 0.25) is 0 Å². The molecule has 0 bridgehead atoms. The molecule has 0 heterocycles. The Morgan fingerprint density at radius 2 is 2.17 bits per heavy atom. The first-order chi connectivity index (χ1) is 8.54. The number of nitrogens with zero attached hydrogens (tertiary/aromatic N) is 1. The van der Waals surface area contributed by atoms with Crippen LogP contribution >= 0.6 is 0 Å². The number of carbonyl (C=O) groups is 2. The number of amides is 2. The van der Waals surface area contributed by atoms with Crippen molar-refractivity contribution in [3.63, 3.8) is 0 Å². The number of carboxylic acid groups (broad SMARTS) is 1. The van der Waals surface area contributed by atoms with Gasteiger partial charge in [-0.2, -0.15) is 5.26 Å². The molecule has 0 aliphatic rings. The van der Waals surface area contributed by atoms with Gasteiger partial charge in [-0.25, -0.2) is 9.18 Å². The molecule has 0 atom stereocenters. The number of anilines is 1. The number of hydrogen-bond donors (Lipinski definition) is 3. The molecule has 0 radical (unpaired) electrons. The summed E-state index contributed by atoms with van der Waals surface area (Å²) in [6.45, 7) is -0.0572. The monoisotopic (exact) mass is 251 g/mol. The van der Waals surface area contributed by atoms with Crippen LogP contribution in [-0.2, 0) is 4.79 Å². The maximum Gasteiger partial charge on any atom is 0.319 e. The summed E-state index contributed by atoms with van der Waals surface area (Å²) < 4.78 is 13.2. The maximum atomic E-state index is 13.2. The minimum absolute atomic E-state index is 0.0327. The number of benzene rings is 1. The molecule has 18 heavy (non-hydrogen) atoms. The van der Waals surface area contributed by atoms with Gasteiger partial charge in [0.25, 0.3) is 0 Å². The average Bonchev–Trinajstić information content (AvgIpc) is 2.28. The van der Waals surface area contributed by atoms with E-state index in [-0.39, 0.29) is 24.2 Å². The standard InChI is InChI=1S/C11H10FN3O3/c12-8-2-1-3-9(7(8)6-13)15-11(18)14-5-4-10(16)17/h1-3H,4-5H2,(H,16,17)(H2,14,15,18). The molecule has 0 aliphatic carbocycles. The zero-order chi connectivity index (χ0) is 13.5. The zero-order valence-corrected chi connectivity index (χ0v) is 9.24. The number of carbonyl (C=O) groups excluding carboxylic acids is 1. The highest BCUT2D eigenvalue weighted by Crippen LogP contribution is 2.17. The first-order valence-electron chi connectivity index (χ1n) is 5.00. The van der Waals surface area contributed by atoms with Gasteiger partial charge in [0.1, 0.15) is 17.4 Å². The predicted octanol–water partition coefficient (Wildman–Crippen LogP) is 1.29. The largest absolute Gasteiger partial charge is 0.481 e. The highest BCUT2D eigenvalue weighted by Gasteiger charge is 2.10. The van der Waals surface area contributed by atoms with E-state index >= 15 is 0 Å². The SMILES string of the molecule is N#Cc1c(F)cccc1NC(=O)NCCC(=O)O. The van der Waals surface area contributed by atoms with Gasteiger partial charge < -0.3 is 15.7 Å². The number of halogens is 1. The number of aliphatic carboxylic acids is 1. The van der Waals surface area contributed by atoms with E-state index in [2.05, 4.69) is 10.6 Å². The lowest BCUT2D eigenvalue weighted by molar-refractivity contribution is -0.136. The highest BCUT2D eigenvalue weighted by atomic mass is 19.1. The van der Waals surface area contributed by atoms with Crippen LogP contribution in [-0.4, -0.2) is 23.7 Å². The molecule has 0 aliphatic heterocycles. The van der Waals surface area contributed by atoms with E-state index in [9.17, 15) is 14.0 Å². The van der Waals surface area contributed by atoms with Crippen molar-refractivity contribution < 1.29 is 19.1 Å². The van der Waals surface area contributed by atoms with Gasteiger partial charge in [0.2, 0.25) is 0 Å². The summed E-state index contributed by atoms with van der Waals surface area (Å²) in [7, 11) is 0. The fraction of sp³-hybridized carbons (Fsp3) is 0.182. The van der Waals surface area contributed by atoms with Crippen LogP contribution in [0.4, 0.5) is 14.9 Å². The van der Waals surface area contributed by atoms with Crippen LogP contribution in [0, 0.1) is 17.1 Å². The summed E-state index contributed by atoms with van der Waals surface area (Å²) in [5.74, 6) is -1.78. The van der Waals surface area contributed by atoms with Crippen LogP contribution in [0.25, 0.3) is 0 Å². The van der Waals surface area contributed by atoms with Crippen molar-refractivity contribution in [2.45, 2.75) is 6.42 Å². The zero-order valence-electron chi connectivity index (χ0n) is 9.24. The van der Waals surface area contributed by atoms with E-state index in [1.807, 2.05) is 0 Å². The van der Waals surface area contributed by atoms with Crippen molar-refractivity contribution in [1.82, 2.24) is 5.32 Å². The van der Waals surface area contributed by atoms with E-state index in [0.717, 1.165) is 6.07 Å². The Morgan fingerprint density at radius 3 is 2.78 bits per heavy atom. The number of urea groups is 1. The highest BCUT2D eigenvalue weighted by molar-refractivity contribution is 5.90. The lowest BCUT2D eigenvalue weighted by Gasteiger charge is -2.08. The number of nitrogens with one attached hydrogen (secondary N) is 2. The van der Waals surface area contributed by atoms with Gasteiger partial charge in [-0.3, -0.25) is 4.79 Å². The van der Waals surface area contributed by atoms with Crippen molar-refractivity contribution in [1.29, 1.82) is 5.26 Å². The minimum atomic E-state index is -1.04. The van der Waals surface area contributed by atoms with Gasteiger partial charge in [0.05, 0.1) is 12.1 Å². The Morgan fingerprint density at radius 1 is 1.44 bits per heavy atom. The smallest absolute Gasteiger partial charge is 0.319 e. The lowest BCUT2D eigenvalue weighted by atomic mass is 10.2. The molecular formula is C11H10FN3O3. The van der Waals surface area contributed by atoms with Crippen LogP contribution < -0.4 is 10.6 Å². The van der Waals surface area contributed by atoms with Crippen LogP contribution in [0.15, 0.2) is 18.2 Å². The molecule has 0 saturated heterocycles. The van der Waals surface area contributed by atoms with Gasteiger partial charge in [-0.15, -0.1) is 0 Å². The maximum absolute atomic E-state index is 13.2. The molecule has 0 unspecified atom stereocenters. The molecule has 3 N–H and O–H groups in total. The van der Waals surface area contributed by atoms with Crippen molar-refractivity contribution in [3.05, 3.63) is 29.6 Å². The summed E-state index contributed by atoms with van der Waals surface area (Å²) in [5, 5.41) is 21.6. The lowest BCUT2D eigenvalue weighted by Crippen LogP contribution is -2.30. The third kappa shape index (κ3) is 3.75. The molecule has 2 amide bonds. The normalized spacial score (nSPS) is 9.33. The minimum Gasteiger partial charge on any atom is -0.481 e. The molecule has 1 aromatic carbocycles. The number of carboxylic acids is 1.